The second kappa shape index (κ2) is 9.08. The average molecular weight is 512 g/mol. The molecule has 0 aromatic heterocycles. The second-order valence-electron chi connectivity index (χ2n) is 7.85. The van der Waals surface area contributed by atoms with Crippen LogP contribution in [0.25, 0.3) is 0 Å². The van der Waals surface area contributed by atoms with E-state index < -0.39 is 11.7 Å². The molecule has 6 heteroatoms. The van der Waals surface area contributed by atoms with Crippen LogP contribution in [0.4, 0.5) is 5.69 Å². The molecule has 0 radical (unpaired) electrons. The first-order valence-corrected chi connectivity index (χ1v) is 11.4. The van der Waals surface area contributed by atoms with Crippen LogP contribution >= 0.6 is 15.9 Å². The van der Waals surface area contributed by atoms with E-state index in [-0.39, 0.29) is 12.3 Å². The largest absolute Gasteiger partial charge is 0.457 e. The van der Waals surface area contributed by atoms with Crippen LogP contribution in [0.2, 0.25) is 0 Å². The summed E-state index contributed by atoms with van der Waals surface area (Å²) in [5, 5.41) is 0. The van der Waals surface area contributed by atoms with Gasteiger partial charge >= 0.3 is 0 Å². The Kier molecular flexibility index (Phi) is 5.82. The van der Waals surface area contributed by atoms with Crippen LogP contribution in [-0.4, -0.2) is 17.5 Å². The van der Waals surface area contributed by atoms with Gasteiger partial charge in [0.1, 0.15) is 11.5 Å². The number of hydrogen-bond acceptors (Lipinski definition) is 4. The maximum absolute atomic E-state index is 12.9. The molecule has 0 saturated carbocycles. The predicted molar refractivity (Wildman–Crippen MR) is 132 cm³/mol. The Bertz CT molecular complexity index is 1400. The SMILES string of the molecule is O=C(c1ccc(CN2C(=O)C(=O)c3cc(Br)ccc32)cc1)c1ccc(Oc2ccccc2)cc1. The van der Waals surface area contributed by atoms with Gasteiger partial charge in [0.05, 0.1) is 17.8 Å². The lowest BCUT2D eigenvalue weighted by Crippen LogP contribution is -2.29. The zero-order valence-corrected chi connectivity index (χ0v) is 19.5. The molecule has 0 saturated heterocycles. The van der Waals surface area contributed by atoms with Crippen molar-refractivity contribution in [1.29, 1.82) is 0 Å². The molecule has 0 bridgehead atoms. The van der Waals surface area contributed by atoms with Crippen molar-refractivity contribution >= 4 is 39.1 Å². The van der Waals surface area contributed by atoms with Gasteiger partial charge < -0.3 is 9.64 Å². The molecule has 0 atom stereocenters. The molecule has 0 N–H and O–H groups in total. The van der Waals surface area contributed by atoms with Gasteiger partial charge in [-0.3, -0.25) is 14.4 Å². The van der Waals surface area contributed by atoms with Crippen molar-refractivity contribution in [1.82, 2.24) is 0 Å². The fourth-order valence-electron chi connectivity index (χ4n) is 3.84. The summed E-state index contributed by atoms with van der Waals surface area (Å²) in [7, 11) is 0. The Labute approximate surface area is 204 Å². The topological polar surface area (TPSA) is 63.7 Å². The molecule has 0 fully saturated rings. The lowest BCUT2D eigenvalue weighted by atomic mass is 10.0. The first-order valence-electron chi connectivity index (χ1n) is 10.6. The van der Waals surface area contributed by atoms with Gasteiger partial charge in [0, 0.05) is 15.6 Å². The molecule has 4 aromatic rings. The highest BCUT2D eigenvalue weighted by Gasteiger charge is 2.35. The normalized spacial score (nSPS) is 12.6. The summed E-state index contributed by atoms with van der Waals surface area (Å²) < 4.78 is 6.52. The number of carbonyl (C=O) groups excluding carboxylic acids is 3. The molecule has 0 spiro atoms. The third-order valence-electron chi connectivity index (χ3n) is 5.59. The van der Waals surface area contributed by atoms with Gasteiger partial charge in [0.2, 0.25) is 0 Å². The summed E-state index contributed by atoms with van der Waals surface area (Å²) in [6.07, 6.45) is 0. The molecule has 1 aliphatic heterocycles. The number of ketones is 2. The number of halogens is 1. The van der Waals surface area contributed by atoms with Gasteiger partial charge in [0.15, 0.2) is 5.78 Å². The Morgan fingerprint density at radius 2 is 1.38 bits per heavy atom. The van der Waals surface area contributed by atoms with Crippen molar-refractivity contribution in [2.75, 3.05) is 4.90 Å². The van der Waals surface area contributed by atoms with Gasteiger partial charge in [-0.1, -0.05) is 58.4 Å². The summed E-state index contributed by atoms with van der Waals surface area (Å²) in [6.45, 7) is 0.249. The molecule has 34 heavy (non-hydrogen) atoms. The first-order chi connectivity index (χ1) is 16.5. The van der Waals surface area contributed by atoms with Crippen LogP contribution in [0.5, 0.6) is 11.5 Å². The first kappa shape index (κ1) is 21.8. The molecule has 5 rings (SSSR count). The Morgan fingerprint density at radius 3 is 2.06 bits per heavy atom. The van der Waals surface area contributed by atoms with Crippen molar-refractivity contribution in [3.05, 3.63) is 124 Å². The van der Waals surface area contributed by atoms with E-state index in [1.165, 1.54) is 4.90 Å². The summed E-state index contributed by atoms with van der Waals surface area (Å²) in [5.74, 6) is 0.204. The number of carbonyl (C=O) groups is 3. The van der Waals surface area contributed by atoms with Crippen LogP contribution in [0.1, 0.15) is 31.8 Å². The Hall–Kier alpha value is -4.03. The molecule has 4 aromatic carbocycles. The molecule has 166 valence electrons. The summed E-state index contributed by atoms with van der Waals surface area (Å²) in [5.41, 5.74) is 2.89. The number of rotatable bonds is 6. The third-order valence-corrected chi connectivity index (χ3v) is 6.08. The van der Waals surface area contributed by atoms with E-state index in [4.69, 9.17) is 4.74 Å². The van der Waals surface area contributed by atoms with Crippen LogP contribution in [0, 0.1) is 0 Å². The quantitative estimate of drug-likeness (QED) is 0.228. The van der Waals surface area contributed by atoms with Gasteiger partial charge in [-0.25, -0.2) is 0 Å². The fourth-order valence-corrected chi connectivity index (χ4v) is 4.20. The van der Waals surface area contributed by atoms with Gasteiger partial charge in [0.25, 0.3) is 11.7 Å². The molecule has 1 amide bonds. The molecule has 1 heterocycles. The lowest BCUT2D eigenvalue weighted by molar-refractivity contribution is -0.114. The minimum absolute atomic E-state index is 0.111. The number of para-hydroxylation sites is 1. The van der Waals surface area contributed by atoms with Crippen molar-refractivity contribution in [2.24, 2.45) is 0 Å². The number of anilines is 1. The van der Waals surface area contributed by atoms with Crippen molar-refractivity contribution in [2.45, 2.75) is 6.54 Å². The number of hydrogen-bond donors (Lipinski definition) is 0. The smallest absolute Gasteiger partial charge is 0.299 e. The van der Waals surface area contributed by atoms with Gasteiger partial charge in [-0.05, 0) is 60.2 Å². The standard InChI is InChI=1S/C28H18BrNO4/c29-21-12-15-25-24(16-21)27(32)28(33)30(25)17-18-6-8-19(9-7-18)26(31)20-10-13-23(14-11-20)34-22-4-2-1-3-5-22/h1-16H,17H2. The minimum atomic E-state index is -0.550. The third kappa shape index (κ3) is 4.28. The lowest BCUT2D eigenvalue weighted by Gasteiger charge is -2.17. The number of nitrogens with zero attached hydrogens (tertiary/aromatic N) is 1. The number of fused-ring (bicyclic) bond motifs is 1. The highest BCUT2D eigenvalue weighted by Crippen LogP contribution is 2.32. The number of ether oxygens (including phenoxy) is 1. The second-order valence-corrected chi connectivity index (χ2v) is 8.76. The number of amides is 1. The summed E-state index contributed by atoms with van der Waals surface area (Å²) in [4.78, 5) is 39.2. The Balaban J connectivity index is 1.28. The van der Waals surface area contributed by atoms with Crippen LogP contribution in [0.3, 0.4) is 0 Å². The van der Waals surface area contributed by atoms with Crippen molar-refractivity contribution < 1.29 is 19.1 Å². The maximum Gasteiger partial charge on any atom is 0.299 e. The predicted octanol–water partition coefficient (Wildman–Crippen LogP) is 6.20. The molecular formula is C28H18BrNO4. The van der Waals surface area contributed by atoms with E-state index in [0.29, 0.717) is 28.1 Å². The zero-order chi connectivity index (χ0) is 23.7. The van der Waals surface area contributed by atoms with Crippen LogP contribution in [0.15, 0.2) is 102 Å². The molecular weight excluding hydrogens is 494 g/mol. The molecule has 0 aliphatic carbocycles. The van der Waals surface area contributed by atoms with Gasteiger partial charge in [-0.15, -0.1) is 0 Å². The van der Waals surface area contributed by atoms with E-state index in [1.807, 2.05) is 30.3 Å². The van der Waals surface area contributed by atoms with Crippen LogP contribution in [-0.2, 0) is 11.3 Å². The fraction of sp³-hybridized carbons (Fsp3) is 0.0357. The highest BCUT2D eigenvalue weighted by molar-refractivity contribution is 9.10. The maximum atomic E-state index is 12.9. The number of benzene rings is 4. The van der Waals surface area contributed by atoms with Crippen molar-refractivity contribution in [3.8, 4) is 11.5 Å². The molecule has 0 unspecified atom stereocenters. The van der Waals surface area contributed by atoms with E-state index in [0.717, 1.165) is 15.8 Å². The van der Waals surface area contributed by atoms with E-state index in [2.05, 4.69) is 15.9 Å². The highest BCUT2D eigenvalue weighted by atomic mass is 79.9. The average Bonchev–Trinajstić information content (AvgIpc) is 3.09. The van der Waals surface area contributed by atoms with E-state index >= 15 is 0 Å². The monoisotopic (exact) mass is 511 g/mol. The van der Waals surface area contributed by atoms with E-state index in [1.54, 1.807) is 66.7 Å². The molecule has 1 aliphatic rings. The summed E-state index contributed by atoms with van der Waals surface area (Å²) >= 11 is 3.34. The Morgan fingerprint density at radius 1 is 0.765 bits per heavy atom. The van der Waals surface area contributed by atoms with Crippen LogP contribution < -0.4 is 9.64 Å². The zero-order valence-electron chi connectivity index (χ0n) is 17.9. The van der Waals surface area contributed by atoms with Gasteiger partial charge in [-0.2, -0.15) is 0 Å². The van der Waals surface area contributed by atoms with E-state index in [9.17, 15) is 14.4 Å². The van der Waals surface area contributed by atoms with Crippen molar-refractivity contribution in [3.63, 3.8) is 0 Å². The summed E-state index contributed by atoms with van der Waals surface area (Å²) in [6, 6.07) is 28.7. The minimum Gasteiger partial charge on any atom is -0.457 e. The molecule has 5 nitrogen and oxygen atoms in total. The number of Topliss-reactive ketones (excluding diaryl/α,β-unsaturated/α-hetero) is 1.